The highest BCUT2D eigenvalue weighted by Gasteiger charge is 2.54. The van der Waals surface area contributed by atoms with Crippen LogP contribution < -0.4 is 39.6 Å². The van der Waals surface area contributed by atoms with Gasteiger partial charge in [-0.3, -0.25) is 14.5 Å². The maximum Gasteiger partial charge on any atom is 0.352 e. The van der Waals surface area contributed by atoms with Crippen LogP contribution in [0.2, 0.25) is 0 Å². The normalized spacial score (nSPS) is 18.8. The van der Waals surface area contributed by atoms with E-state index in [1.807, 2.05) is 36.1 Å². The van der Waals surface area contributed by atoms with Crippen molar-refractivity contribution in [2.75, 3.05) is 12.8 Å². The number of fused-ring (bicyclic) bond motifs is 1. The van der Waals surface area contributed by atoms with Gasteiger partial charge in [0.1, 0.15) is 36.6 Å². The number of carboxylic acid groups (broad SMARTS) is 1. The molecule has 0 aromatic carbocycles. The van der Waals surface area contributed by atoms with Gasteiger partial charge in [-0.15, -0.1) is 22.7 Å². The van der Waals surface area contributed by atoms with Crippen molar-refractivity contribution in [3.8, 4) is 10.6 Å². The average Bonchev–Trinajstić information content (AvgIpc) is 3.54. The van der Waals surface area contributed by atoms with E-state index in [4.69, 9.17) is 10.6 Å². The van der Waals surface area contributed by atoms with Crippen molar-refractivity contribution < 1.29 is 52.9 Å². The van der Waals surface area contributed by atoms with Crippen molar-refractivity contribution in [3.63, 3.8) is 0 Å². The topological polar surface area (TPSA) is 164 Å². The van der Waals surface area contributed by atoms with Gasteiger partial charge in [0.15, 0.2) is 23.2 Å². The van der Waals surface area contributed by atoms with E-state index >= 15 is 0 Å². The monoisotopic (exact) mass is 667 g/mol. The number of aliphatic carboxylic acids is 1. The fourth-order valence-corrected chi connectivity index (χ4v) is 5.85. The van der Waals surface area contributed by atoms with Gasteiger partial charge < -0.3 is 45.0 Å². The average molecular weight is 668 g/mol. The Labute approximate surface area is 241 Å². The summed E-state index contributed by atoms with van der Waals surface area (Å²) >= 11 is 2.54. The summed E-state index contributed by atoms with van der Waals surface area (Å²) in [5.41, 5.74) is 7.56. The lowest BCUT2D eigenvalue weighted by molar-refractivity contribution is -0.671. The number of thiazole rings is 2. The largest absolute Gasteiger partial charge is 1.00 e. The van der Waals surface area contributed by atoms with Crippen molar-refractivity contribution in [2.24, 2.45) is 12.2 Å². The van der Waals surface area contributed by atoms with Crippen molar-refractivity contribution in [2.45, 2.75) is 24.9 Å². The number of carbonyl (C=O) groups excluding carboxylic acids is 2. The molecule has 12 nitrogen and oxygen atoms in total. The van der Waals surface area contributed by atoms with E-state index in [1.165, 1.54) is 23.3 Å². The van der Waals surface area contributed by atoms with E-state index in [2.05, 4.69) is 20.4 Å². The summed E-state index contributed by atoms with van der Waals surface area (Å²) in [4.78, 5) is 53.0. The van der Waals surface area contributed by atoms with Crippen LogP contribution in [0.3, 0.4) is 0 Å². The summed E-state index contributed by atoms with van der Waals surface area (Å²) < 4.78 is 1.91. The third kappa shape index (κ3) is 5.00. The molecule has 0 saturated carbocycles. The molecule has 15 heteroatoms. The molecule has 1 saturated heterocycles. The standard InChI is InChI=1S/C23H21N7O5S2.HI/c1-29-7-3-4-11(8-29)20-25-13(9-36-20)12-5-6-15-17(21(32)30(15)18(12)22(33)34)27-19(31)16(28-35-2)14-10-37-23(24)26-14;/h3-4,7-10,15,17H,5-6H2,1-2H3,(H3-,24,26,27,31,33,34);1H/b28-16-;/t15-,17+;/m1./s1. The molecule has 3 aromatic heterocycles. The van der Waals surface area contributed by atoms with Crippen LogP contribution in [0.15, 0.2) is 46.1 Å². The fraction of sp³-hybridized carbons (Fsp3) is 0.261. The molecule has 0 unspecified atom stereocenters. The van der Waals surface area contributed by atoms with Crippen molar-refractivity contribution >= 4 is 56.9 Å². The molecule has 2 amide bonds. The lowest BCUT2D eigenvalue weighted by Crippen LogP contribution is -3.00. The summed E-state index contributed by atoms with van der Waals surface area (Å²) in [5, 5.41) is 20.8. The van der Waals surface area contributed by atoms with Gasteiger partial charge in [-0.1, -0.05) is 5.16 Å². The van der Waals surface area contributed by atoms with Crippen LogP contribution in [0.1, 0.15) is 24.2 Å². The highest BCUT2D eigenvalue weighted by Crippen LogP contribution is 2.41. The number of nitrogens with two attached hydrogens (primary N) is 1. The minimum atomic E-state index is -1.22. The Balaban J connectivity index is 0.00000336. The zero-order valence-electron chi connectivity index (χ0n) is 20.1. The van der Waals surface area contributed by atoms with E-state index in [9.17, 15) is 19.5 Å². The molecule has 0 aliphatic carbocycles. The second-order valence-electron chi connectivity index (χ2n) is 8.39. The van der Waals surface area contributed by atoms with Gasteiger partial charge in [0, 0.05) is 22.4 Å². The smallest absolute Gasteiger partial charge is 0.352 e. The van der Waals surface area contributed by atoms with Gasteiger partial charge in [0.05, 0.1) is 17.3 Å². The van der Waals surface area contributed by atoms with E-state index in [-0.39, 0.29) is 46.2 Å². The molecule has 5 heterocycles. The van der Waals surface area contributed by atoms with E-state index < -0.39 is 29.9 Å². The van der Waals surface area contributed by atoms with Gasteiger partial charge in [0.25, 0.3) is 11.8 Å². The van der Waals surface area contributed by atoms with Gasteiger partial charge >= 0.3 is 5.97 Å². The Morgan fingerprint density at radius 1 is 1.32 bits per heavy atom. The lowest BCUT2D eigenvalue weighted by atomic mass is 9.82. The van der Waals surface area contributed by atoms with Crippen LogP contribution in [0, 0.1) is 0 Å². The molecule has 198 valence electrons. The number of nitrogens with one attached hydrogen (secondary N) is 1. The first-order chi connectivity index (χ1) is 17.8. The number of nitrogen functional groups attached to an aromatic ring is 1. The number of β-lactam (4-membered cyclic amide) rings is 1. The molecule has 4 N–H and O–H groups in total. The lowest BCUT2D eigenvalue weighted by Gasteiger charge is -2.50. The first kappa shape index (κ1) is 27.6. The quantitative estimate of drug-likeness (QED) is 0.0858. The zero-order valence-corrected chi connectivity index (χ0v) is 23.9. The van der Waals surface area contributed by atoms with Gasteiger partial charge in [-0.2, -0.15) is 0 Å². The number of nitrogens with zero attached hydrogens (tertiary/aromatic N) is 5. The molecular formula is C23H22IN7O5S2. The summed E-state index contributed by atoms with van der Waals surface area (Å²) in [6, 6.07) is 2.42. The Kier molecular flexibility index (Phi) is 8.08. The maximum absolute atomic E-state index is 13.1. The molecule has 1 fully saturated rings. The van der Waals surface area contributed by atoms with Crippen LogP contribution in [-0.2, 0) is 26.3 Å². The Bertz CT molecular complexity index is 1480. The van der Waals surface area contributed by atoms with Crippen molar-refractivity contribution in [1.82, 2.24) is 20.2 Å². The van der Waals surface area contributed by atoms with Crippen molar-refractivity contribution in [1.29, 1.82) is 0 Å². The SMILES string of the molecule is CO/N=C(\C(=O)N[C@@H]1C(=O)N2C(C(=O)O)=C(c3csc(-c4ccc[n+](C)c4)n3)CC[C@H]12)c1csc(N)n1.[I-]. The first-order valence-electron chi connectivity index (χ1n) is 11.1. The van der Waals surface area contributed by atoms with Crippen LogP contribution in [0.4, 0.5) is 5.13 Å². The predicted octanol–water partition coefficient (Wildman–Crippen LogP) is -1.99. The molecule has 3 aromatic rings. The number of amides is 2. The second-order valence-corrected chi connectivity index (χ2v) is 10.1. The third-order valence-corrected chi connectivity index (χ3v) is 7.65. The van der Waals surface area contributed by atoms with Crippen LogP contribution >= 0.6 is 22.7 Å². The Morgan fingerprint density at radius 3 is 2.76 bits per heavy atom. The highest BCUT2D eigenvalue weighted by molar-refractivity contribution is 7.13. The minimum absolute atomic E-state index is 0. The Hall–Kier alpha value is -3.44. The molecule has 0 spiro atoms. The predicted molar refractivity (Wildman–Crippen MR) is 135 cm³/mol. The highest BCUT2D eigenvalue weighted by atomic mass is 127. The molecule has 2 aliphatic heterocycles. The second kappa shape index (κ2) is 11.1. The number of carbonyl (C=O) groups is 3. The molecule has 2 atom stereocenters. The number of carboxylic acids is 1. The number of aryl methyl sites for hydroxylation is 1. The molecule has 38 heavy (non-hydrogen) atoms. The fourth-order valence-electron chi connectivity index (χ4n) is 4.47. The number of allylic oxidation sites excluding steroid dienone is 1. The summed E-state index contributed by atoms with van der Waals surface area (Å²) in [7, 11) is 3.19. The van der Waals surface area contributed by atoms with Gasteiger partial charge in [0.2, 0.25) is 0 Å². The molecule has 2 aliphatic rings. The van der Waals surface area contributed by atoms with Crippen LogP contribution in [0.25, 0.3) is 16.1 Å². The molecule has 5 rings (SSSR count). The van der Waals surface area contributed by atoms with Crippen LogP contribution in [-0.4, -0.2) is 62.7 Å². The van der Waals surface area contributed by atoms with E-state index in [1.54, 1.807) is 10.8 Å². The summed E-state index contributed by atoms with van der Waals surface area (Å²) in [5.74, 6) is -2.41. The number of pyridine rings is 1. The number of anilines is 1. The number of halogens is 1. The molecular weight excluding hydrogens is 645 g/mol. The van der Waals surface area contributed by atoms with Gasteiger partial charge in [-0.25, -0.2) is 19.3 Å². The maximum atomic E-state index is 13.1. The summed E-state index contributed by atoms with van der Waals surface area (Å²) in [6.45, 7) is 0. The van der Waals surface area contributed by atoms with E-state index in [0.29, 0.717) is 24.1 Å². The number of oxime groups is 1. The molecule has 0 bridgehead atoms. The molecule has 0 radical (unpaired) electrons. The number of hydrogen-bond acceptors (Lipinski definition) is 10. The number of aromatic nitrogens is 3. The van der Waals surface area contributed by atoms with Crippen molar-refractivity contribution in [3.05, 3.63) is 52.4 Å². The van der Waals surface area contributed by atoms with Crippen LogP contribution in [0.5, 0.6) is 0 Å². The minimum Gasteiger partial charge on any atom is -1.00 e. The first-order valence-corrected chi connectivity index (χ1v) is 12.9. The number of rotatable bonds is 7. The summed E-state index contributed by atoms with van der Waals surface area (Å²) in [6.07, 6.45) is 4.68. The third-order valence-electron chi connectivity index (χ3n) is 6.09. The zero-order chi connectivity index (χ0) is 26.3. The number of hydrogen-bond donors (Lipinski definition) is 3. The Morgan fingerprint density at radius 2 is 2.11 bits per heavy atom. The van der Waals surface area contributed by atoms with E-state index in [0.717, 1.165) is 21.9 Å². The van der Waals surface area contributed by atoms with Gasteiger partial charge in [-0.05, 0) is 18.9 Å².